The van der Waals surface area contributed by atoms with Crippen molar-refractivity contribution in [2.75, 3.05) is 6.61 Å². The highest BCUT2D eigenvalue weighted by molar-refractivity contribution is 6.99. The standard InChI is InChI=1S/C30H45NO5Si/c1-27(2,3)35-25(32)31(26(33)36-28(4,5)6)30(10,11)22-34-37(29(7,8)9,23-18-14-12-15-19-23)24-20-16-13-17-21-24/h12-21H,22H2,1-11H3. The van der Waals surface area contributed by atoms with E-state index in [4.69, 9.17) is 13.9 Å². The molecular weight excluding hydrogens is 482 g/mol. The molecule has 0 spiro atoms. The van der Waals surface area contributed by atoms with Gasteiger partial charge in [0.1, 0.15) is 11.2 Å². The topological polar surface area (TPSA) is 65.1 Å². The first kappa shape index (κ1) is 30.6. The Labute approximate surface area is 224 Å². The molecule has 0 bridgehead atoms. The third-order valence-corrected chi connectivity index (χ3v) is 10.8. The van der Waals surface area contributed by atoms with Crippen LogP contribution in [0, 0.1) is 0 Å². The normalized spacial score (nSPS) is 13.2. The first-order valence-electron chi connectivity index (χ1n) is 12.8. The molecule has 0 fully saturated rings. The molecule has 6 nitrogen and oxygen atoms in total. The van der Waals surface area contributed by atoms with Crippen LogP contribution in [0.5, 0.6) is 0 Å². The molecule has 2 aromatic carbocycles. The van der Waals surface area contributed by atoms with E-state index < -0.39 is 37.2 Å². The van der Waals surface area contributed by atoms with Crippen molar-refractivity contribution in [3.63, 3.8) is 0 Å². The molecule has 0 heterocycles. The Balaban J connectivity index is 2.60. The van der Waals surface area contributed by atoms with E-state index in [0.29, 0.717) is 0 Å². The molecule has 0 radical (unpaired) electrons. The number of nitrogens with zero attached hydrogens (tertiary/aromatic N) is 1. The molecule has 0 aliphatic rings. The van der Waals surface area contributed by atoms with E-state index in [1.807, 2.05) is 36.4 Å². The fraction of sp³-hybridized carbons (Fsp3) is 0.533. The average Bonchev–Trinajstić information content (AvgIpc) is 2.72. The molecule has 37 heavy (non-hydrogen) atoms. The highest BCUT2D eigenvalue weighted by Crippen LogP contribution is 2.38. The van der Waals surface area contributed by atoms with Crippen LogP contribution in [-0.4, -0.2) is 48.8 Å². The van der Waals surface area contributed by atoms with E-state index in [2.05, 4.69) is 45.0 Å². The minimum absolute atomic E-state index is 0.0960. The van der Waals surface area contributed by atoms with Gasteiger partial charge in [-0.1, -0.05) is 81.4 Å². The molecule has 2 amide bonds. The summed E-state index contributed by atoms with van der Waals surface area (Å²) in [5.74, 6) is 0. The van der Waals surface area contributed by atoms with Crippen molar-refractivity contribution in [2.45, 2.75) is 97.9 Å². The summed E-state index contributed by atoms with van der Waals surface area (Å²) >= 11 is 0. The van der Waals surface area contributed by atoms with Gasteiger partial charge in [0.25, 0.3) is 8.32 Å². The second-order valence-electron chi connectivity index (χ2n) is 13.1. The molecule has 2 rings (SSSR count). The van der Waals surface area contributed by atoms with Crippen molar-refractivity contribution in [2.24, 2.45) is 0 Å². The second-order valence-corrected chi connectivity index (χ2v) is 17.4. The highest BCUT2D eigenvalue weighted by Gasteiger charge is 2.52. The van der Waals surface area contributed by atoms with Crippen LogP contribution < -0.4 is 10.4 Å². The van der Waals surface area contributed by atoms with Crippen molar-refractivity contribution in [1.29, 1.82) is 0 Å². The number of imide groups is 1. The Morgan fingerprint density at radius 2 is 1.00 bits per heavy atom. The maximum Gasteiger partial charge on any atom is 0.420 e. The molecule has 7 heteroatoms. The largest absolute Gasteiger partial charge is 0.443 e. The quantitative estimate of drug-likeness (QED) is 0.401. The van der Waals surface area contributed by atoms with E-state index in [1.165, 1.54) is 0 Å². The molecule has 0 saturated heterocycles. The number of carbonyl (C=O) groups excluding carboxylic acids is 2. The lowest BCUT2D eigenvalue weighted by atomic mass is 10.1. The van der Waals surface area contributed by atoms with Gasteiger partial charge in [0.15, 0.2) is 0 Å². The summed E-state index contributed by atoms with van der Waals surface area (Å²) in [6.45, 7) is 20.9. The zero-order chi connectivity index (χ0) is 28.3. The zero-order valence-electron chi connectivity index (χ0n) is 24.5. The summed E-state index contributed by atoms with van der Waals surface area (Å²) in [5.41, 5.74) is -2.64. The smallest absolute Gasteiger partial charge is 0.420 e. The number of hydrogen-bond acceptors (Lipinski definition) is 5. The number of carbonyl (C=O) groups is 2. The lowest BCUT2D eigenvalue weighted by molar-refractivity contribution is -0.0265. The molecule has 0 aliphatic heterocycles. The van der Waals surface area contributed by atoms with Crippen LogP contribution in [0.15, 0.2) is 60.7 Å². The van der Waals surface area contributed by atoms with Gasteiger partial charge in [0.2, 0.25) is 0 Å². The molecule has 0 atom stereocenters. The Kier molecular flexibility index (Phi) is 9.09. The third-order valence-electron chi connectivity index (χ3n) is 5.82. The van der Waals surface area contributed by atoms with Crippen LogP contribution in [0.25, 0.3) is 0 Å². The maximum atomic E-state index is 13.4. The number of rotatable bonds is 6. The Morgan fingerprint density at radius 3 is 1.30 bits per heavy atom. The SMILES string of the molecule is CC(C)(C)OC(=O)N(C(=O)OC(C)(C)C)C(C)(C)CO[Si](c1ccccc1)(c1ccccc1)C(C)(C)C. The Morgan fingerprint density at radius 1 is 0.649 bits per heavy atom. The molecule has 204 valence electrons. The Bertz CT molecular complexity index is 980. The van der Waals surface area contributed by atoms with Crippen molar-refractivity contribution < 1.29 is 23.5 Å². The summed E-state index contributed by atoms with van der Waals surface area (Å²) in [4.78, 5) is 27.8. The van der Waals surface area contributed by atoms with Gasteiger partial charge in [-0.15, -0.1) is 0 Å². The summed E-state index contributed by atoms with van der Waals surface area (Å²) < 4.78 is 18.3. The van der Waals surface area contributed by atoms with Gasteiger partial charge in [-0.3, -0.25) is 0 Å². The third kappa shape index (κ3) is 7.68. The number of ether oxygens (including phenoxy) is 2. The van der Waals surface area contributed by atoms with Crippen LogP contribution in [0.3, 0.4) is 0 Å². The minimum Gasteiger partial charge on any atom is -0.443 e. The van der Waals surface area contributed by atoms with Crippen LogP contribution in [0.4, 0.5) is 9.59 Å². The maximum absolute atomic E-state index is 13.4. The molecule has 0 aromatic heterocycles. The van der Waals surface area contributed by atoms with E-state index in [-0.39, 0.29) is 11.6 Å². The van der Waals surface area contributed by atoms with E-state index >= 15 is 0 Å². The number of benzene rings is 2. The minimum atomic E-state index is -2.90. The second kappa shape index (κ2) is 11.0. The van der Waals surface area contributed by atoms with Gasteiger partial charge < -0.3 is 13.9 Å². The van der Waals surface area contributed by atoms with Gasteiger partial charge in [-0.05, 0) is 70.8 Å². The lowest BCUT2D eigenvalue weighted by Gasteiger charge is -2.46. The van der Waals surface area contributed by atoms with Gasteiger partial charge in [0.05, 0.1) is 12.1 Å². The monoisotopic (exact) mass is 527 g/mol. The first-order chi connectivity index (χ1) is 16.8. The lowest BCUT2D eigenvalue weighted by Crippen LogP contribution is -2.68. The van der Waals surface area contributed by atoms with Crippen LogP contribution in [0.1, 0.15) is 76.2 Å². The fourth-order valence-electron chi connectivity index (χ4n) is 4.29. The van der Waals surface area contributed by atoms with Crippen molar-refractivity contribution in [1.82, 2.24) is 4.90 Å². The van der Waals surface area contributed by atoms with Gasteiger partial charge in [-0.25, -0.2) is 14.5 Å². The van der Waals surface area contributed by atoms with Gasteiger partial charge in [-0.2, -0.15) is 0 Å². The van der Waals surface area contributed by atoms with E-state index in [0.717, 1.165) is 15.3 Å². The molecule has 0 aliphatic carbocycles. The predicted molar refractivity (Wildman–Crippen MR) is 152 cm³/mol. The molecular formula is C30H45NO5Si. The molecule has 0 N–H and O–H groups in total. The predicted octanol–water partition coefficient (Wildman–Crippen LogP) is 6.51. The molecule has 2 aromatic rings. The first-order valence-corrected chi connectivity index (χ1v) is 14.7. The van der Waals surface area contributed by atoms with Crippen LogP contribution in [-0.2, 0) is 13.9 Å². The average molecular weight is 528 g/mol. The van der Waals surface area contributed by atoms with Gasteiger partial charge in [0, 0.05) is 0 Å². The molecule has 0 saturated carbocycles. The van der Waals surface area contributed by atoms with Crippen LogP contribution >= 0.6 is 0 Å². The Hall–Kier alpha value is -2.64. The van der Waals surface area contributed by atoms with Crippen molar-refractivity contribution in [3.8, 4) is 0 Å². The highest BCUT2D eigenvalue weighted by atomic mass is 28.4. The van der Waals surface area contributed by atoms with Crippen molar-refractivity contribution in [3.05, 3.63) is 60.7 Å². The van der Waals surface area contributed by atoms with Gasteiger partial charge >= 0.3 is 12.2 Å². The number of hydrogen-bond donors (Lipinski definition) is 0. The molecule has 0 unspecified atom stereocenters. The summed E-state index contributed by atoms with van der Waals surface area (Å²) in [6, 6.07) is 20.5. The zero-order valence-corrected chi connectivity index (χ0v) is 25.5. The number of amides is 2. The van der Waals surface area contributed by atoms with E-state index in [1.54, 1.807) is 55.4 Å². The summed E-state index contributed by atoms with van der Waals surface area (Å²) in [5, 5.41) is 1.98. The fourth-order valence-corrected chi connectivity index (χ4v) is 9.02. The summed E-state index contributed by atoms with van der Waals surface area (Å²) in [6.07, 6.45) is -1.53. The van der Waals surface area contributed by atoms with E-state index in [9.17, 15) is 9.59 Å². The van der Waals surface area contributed by atoms with Crippen molar-refractivity contribution >= 4 is 30.9 Å². The summed E-state index contributed by atoms with van der Waals surface area (Å²) in [7, 11) is -2.90. The van der Waals surface area contributed by atoms with Crippen LogP contribution in [0.2, 0.25) is 5.04 Å².